The number of amides is 1. The number of hydrogen-bond acceptors (Lipinski definition) is 7. The summed E-state index contributed by atoms with van der Waals surface area (Å²) in [6.45, 7) is 4.92. The number of benzene rings is 4. The van der Waals surface area contributed by atoms with E-state index in [1.165, 1.54) is 6.07 Å². The fraction of sp³-hybridized carbons (Fsp3) is 0.292. The van der Waals surface area contributed by atoms with Crippen molar-refractivity contribution in [3.05, 3.63) is 47.5 Å². The highest BCUT2D eigenvalue weighted by Gasteiger charge is 2.18. The molecule has 0 atom stereocenters. The molecule has 0 aromatic heterocycles. The van der Waals surface area contributed by atoms with E-state index in [4.69, 9.17) is 5.90 Å². The van der Waals surface area contributed by atoms with Gasteiger partial charge in [0.2, 0.25) is 5.91 Å². The van der Waals surface area contributed by atoms with Crippen LogP contribution in [0.1, 0.15) is 24.0 Å². The summed E-state index contributed by atoms with van der Waals surface area (Å²) in [7, 11) is -4.61. The molecular formula is C24H26N3O5S-. The quantitative estimate of drug-likeness (QED) is 0.148. The van der Waals surface area contributed by atoms with Gasteiger partial charge < -0.3 is 15.2 Å². The normalized spacial score (nSPS) is 12.1. The number of carbonyl (C=O) groups excluding carboxylic acids is 1. The number of aryl methyl sites for hydroxylation is 2. The second-order valence-corrected chi connectivity index (χ2v) is 9.60. The molecule has 0 saturated heterocycles. The Hall–Kier alpha value is -2.98. The van der Waals surface area contributed by atoms with Crippen molar-refractivity contribution in [2.75, 3.05) is 25.0 Å². The van der Waals surface area contributed by atoms with Gasteiger partial charge in [0.05, 0.1) is 4.90 Å². The van der Waals surface area contributed by atoms with Gasteiger partial charge in [-0.05, 0) is 71.5 Å². The maximum Gasteiger partial charge on any atom is 0.248 e. The molecule has 0 aliphatic heterocycles. The lowest BCUT2D eigenvalue weighted by atomic mass is 9.89. The van der Waals surface area contributed by atoms with Gasteiger partial charge in [-0.1, -0.05) is 24.3 Å². The highest BCUT2D eigenvalue weighted by Crippen LogP contribution is 2.42. The molecule has 4 aromatic rings. The first kappa shape index (κ1) is 23.2. The molecule has 0 fully saturated rings. The minimum Gasteiger partial charge on any atom is -0.744 e. The number of rotatable bonds is 9. The van der Waals surface area contributed by atoms with Crippen LogP contribution in [0.25, 0.3) is 32.3 Å². The lowest BCUT2D eigenvalue weighted by Crippen LogP contribution is -2.29. The molecule has 0 aliphatic rings. The second kappa shape index (κ2) is 9.11. The zero-order valence-electron chi connectivity index (χ0n) is 18.5. The molecule has 8 nitrogen and oxygen atoms in total. The molecule has 0 unspecified atom stereocenters. The van der Waals surface area contributed by atoms with Crippen LogP contribution in [0.5, 0.6) is 0 Å². The van der Waals surface area contributed by atoms with Crippen molar-refractivity contribution in [3.8, 4) is 0 Å². The SMILES string of the molecule is Cc1cc(NCCCCNC(=O)CON)c2ccc3c(S(=O)(=O)[O-])cc(C)c4ccc1c2c43. The van der Waals surface area contributed by atoms with Gasteiger partial charge >= 0.3 is 0 Å². The first-order chi connectivity index (χ1) is 15.7. The molecule has 0 heterocycles. The Labute approximate surface area is 192 Å². The summed E-state index contributed by atoms with van der Waals surface area (Å²) < 4.78 is 35.9. The fourth-order valence-electron chi connectivity index (χ4n) is 4.49. The van der Waals surface area contributed by atoms with Gasteiger partial charge in [0.15, 0.2) is 0 Å². The topological polar surface area (TPSA) is 134 Å². The Morgan fingerprint density at radius 3 is 2.18 bits per heavy atom. The Morgan fingerprint density at radius 1 is 0.939 bits per heavy atom. The average molecular weight is 469 g/mol. The van der Waals surface area contributed by atoms with Gasteiger partial charge in [-0.15, -0.1) is 0 Å². The predicted octanol–water partition coefficient (Wildman–Crippen LogP) is 3.30. The minimum atomic E-state index is -4.61. The highest BCUT2D eigenvalue weighted by molar-refractivity contribution is 7.86. The molecule has 33 heavy (non-hydrogen) atoms. The molecule has 174 valence electrons. The van der Waals surface area contributed by atoms with Crippen LogP contribution >= 0.6 is 0 Å². The average Bonchev–Trinajstić information content (AvgIpc) is 2.76. The summed E-state index contributed by atoms with van der Waals surface area (Å²) in [5, 5.41) is 11.4. The molecule has 9 heteroatoms. The summed E-state index contributed by atoms with van der Waals surface area (Å²) >= 11 is 0. The van der Waals surface area contributed by atoms with E-state index in [0.717, 1.165) is 56.6 Å². The van der Waals surface area contributed by atoms with Gasteiger partial charge in [0.25, 0.3) is 0 Å². The van der Waals surface area contributed by atoms with Crippen molar-refractivity contribution >= 4 is 54.0 Å². The molecule has 0 saturated carbocycles. The van der Waals surface area contributed by atoms with E-state index >= 15 is 0 Å². The Kier molecular flexibility index (Phi) is 6.40. The second-order valence-electron chi connectivity index (χ2n) is 8.25. The molecule has 0 bridgehead atoms. The third-order valence-corrected chi connectivity index (χ3v) is 6.88. The molecule has 0 radical (unpaired) electrons. The van der Waals surface area contributed by atoms with E-state index in [9.17, 15) is 17.8 Å². The van der Waals surface area contributed by atoms with Gasteiger partial charge in [0.1, 0.15) is 16.7 Å². The first-order valence-electron chi connectivity index (χ1n) is 10.7. The van der Waals surface area contributed by atoms with Crippen LogP contribution in [0.15, 0.2) is 41.3 Å². The largest absolute Gasteiger partial charge is 0.744 e. The molecule has 0 aliphatic carbocycles. The lowest BCUT2D eigenvalue weighted by Gasteiger charge is -2.20. The molecular weight excluding hydrogens is 442 g/mol. The third-order valence-electron chi connectivity index (χ3n) is 6.00. The summed E-state index contributed by atoms with van der Waals surface area (Å²) in [5.74, 6) is 4.63. The lowest BCUT2D eigenvalue weighted by molar-refractivity contribution is -0.125. The van der Waals surface area contributed by atoms with Crippen LogP contribution in [0.3, 0.4) is 0 Å². The number of unbranched alkanes of at least 4 members (excludes halogenated alkanes) is 1. The predicted molar refractivity (Wildman–Crippen MR) is 128 cm³/mol. The van der Waals surface area contributed by atoms with Crippen LogP contribution in [0.4, 0.5) is 5.69 Å². The summed E-state index contributed by atoms with van der Waals surface area (Å²) in [6, 6.07) is 11.2. The van der Waals surface area contributed by atoms with Crippen molar-refractivity contribution in [2.24, 2.45) is 5.90 Å². The minimum absolute atomic E-state index is 0.158. The maximum atomic E-state index is 12.0. The number of anilines is 1. The first-order valence-corrected chi connectivity index (χ1v) is 12.1. The maximum absolute atomic E-state index is 12.0. The standard InChI is InChI=1S/C24H27N3O5S/c1-14-11-20(26-9-3-4-10-27-22(28)13-32-25)18-7-8-19-21(33(29,30)31)12-15(2)17-6-5-16(14)23(18)24(17)19/h5-8,11-12,26H,3-4,9-10,13,25H2,1-2H3,(H,27,28)(H,29,30,31)/p-1. The van der Waals surface area contributed by atoms with E-state index in [0.29, 0.717) is 18.5 Å². The van der Waals surface area contributed by atoms with E-state index in [1.807, 2.05) is 26.0 Å². The van der Waals surface area contributed by atoms with E-state index < -0.39 is 10.1 Å². The third kappa shape index (κ3) is 4.45. The van der Waals surface area contributed by atoms with Crippen LogP contribution in [-0.4, -0.2) is 38.6 Å². The van der Waals surface area contributed by atoms with Crippen LogP contribution in [0, 0.1) is 13.8 Å². The van der Waals surface area contributed by atoms with Crippen LogP contribution in [-0.2, 0) is 19.8 Å². The van der Waals surface area contributed by atoms with E-state index in [2.05, 4.69) is 27.6 Å². The Bertz CT molecular complexity index is 1450. The summed E-state index contributed by atoms with van der Waals surface area (Å²) in [6.07, 6.45) is 1.63. The Balaban J connectivity index is 1.69. The van der Waals surface area contributed by atoms with Crippen molar-refractivity contribution in [2.45, 2.75) is 31.6 Å². The summed E-state index contributed by atoms with van der Waals surface area (Å²) in [4.78, 5) is 15.5. The van der Waals surface area contributed by atoms with Gasteiger partial charge in [-0.25, -0.2) is 14.3 Å². The molecule has 0 spiro atoms. The number of hydrogen-bond donors (Lipinski definition) is 3. The molecule has 4 aromatic carbocycles. The van der Waals surface area contributed by atoms with Crippen molar-refractivity contribution < 1.29 is 22.6 Å². The molecule has 1 amide bonds. The zero-order valence-corrected chi connectivity index (χ0v) is 19.3. The van der Waals surface area contributed by atoms with E-state index in [-0.39, 0.29) is 17.4 Å². The van der Waals surface area contributed by atoms with Crippen molar-refractivity contribution in [1.82, 2.24) is 5.32 Å². The molecule has 4 rings (SSSR count). The number of nitrogens with two attached hydrogens (primary N) is 1. The van der Waals surface area contributed by atoms with Crippen molar-refractivity contribution in [1.29, 1.82) is 0 Å². The molecule has 4 N–H and O–H groups in total. The van der Waals surface area contributed by atoms with E-state index in [1.54, 1.807) is 6.07 Å². The van der Waals surface area contributed by atoms with Crippen LogP contribution < -0.4 is 16.5 Å². The monoisotopic (exact) mass is 468 g/mol. The highest BCUT2D eigenvalue weighted by atomic mass is 32.2. The van der Waals surface area contributed by atoms with Crippen molar-refractivity contribution in [3.63, 3.8) is 0 Å². The number of carbonyl (C=O) groups is 1. The van der Waals surface area contributed by atoms with Gasteiger partial charge in [-0.3, -0.25) is 9.63 Å². The Morgan fingerprint density at radius 2 is 1.52 bits per heavy atom. The fourth-order valence-corrected chi connectivity index (χ4v) is 5.25. The number of nitrogens with one attached hydrogen (secondary N) is 2. The summed E-state index contributed by atoms with van der Waals surface area (Å²) in [5.41, 5.74) is 2.76. The van der Waals surface area contributed by atoms with Gasteiger partial charge in [0, 0.05) is 29.5 Å². The zero-order chi connectivity index (χ0) is 23.8. The smallest absolute Gasteiger partial charge is 0.248 e. The van der Waals surface area contributed by atoms with Crippen LogP contribution in [0.2, 0.25) is 0 Å². The van der Waals surface area contributed by atoms with Gasteiger partial charge in [-0.2, -0.15) is 0 Å².